The lowest BCUT2D eigenvalue weighted by molar-refractivity contribution is -0.116. The zero-order valence-corrected chi connectivity index (χ0v) is 18.4. The predicted molar refractivity (Wildman–Crippen MR) is 126 cm³/mol. The van der Waals surface area contributed by atoms with Crippen LogP contribution in [0.4, 0.5) is 5.13 Å². The summed E-state index contributed by atoms with van der Waals surface area (Å²) < 4.78 is 2.97. The third-order valence-electron chi connectivity index (χ3n) is 4.93. The van der Waals surface area contributed by atoms with Gasteiger partial charge in [-0.15, -0.1) is 10.2 Å². The number of thiazole rings is 1. The van der Waals surface area contributed by atoms with Crippen molar-refractivity contribution >= 4 is 50.0 Å². The third kappa shape index (κ3) is 4.04. The van der Waals surface area contributed by atoms with Crippen LogP contribution >= 0.6 is 23.1 Å². The van der Waals surface area contributed by atoms with Crippen molar-refractivity contribution in [1.82, 2.24) is 19.6 Å². The van der Waals surface area contributed by atoms with Crippen molar-refractivity contribution in [1.29, 1.82) is 0 Å². The van der Waals surface area contributed by atoms with Gasteiger partial charge in [-0.2, -0.15) is 0 Å². The van der Waals surface area contributed by atoms with Gasteiger partial charge < -0.3 is 0 Å². The maximum absolute atomic E-state index is 13.4. The molecule has 154 valence electrons. The molecule has 3 heterocycles. The summed E-state index contributed by atoms with van der Waals surface area (Å²) in [4.78, 5) is 19.9. The van der Waals surface area contributed by atoms with Crippen LogP contribution < -0.4 is 4.90 Å². The Bertz CT molecular complexity index is 1360. The number of amides is 1. The summed E-state index contributed by atoms with van der Waals surface area (Å²) in [6.07, 6.45) is 1.90. The molecule has 0 N–H and O–H groups in total. The Labute approximate surface area is 187 Å². The van der Waals surface area contributed by atoms with Crippen LogP contribution in [-0.4, -0.2) is 31.2 Å². The van der Waals surface area contributed by atoms with Gasteiger partial charge in [0.25, 0.3) is 0 Å². The topological polar surface area (TPSA) is 63.4 Å². The van der Waals surface area contributed by atoms with Gasteiger partial charge in [-0.05, 0) is 36.2 Å². The molecule has 5 rings (SSSR count). The molecule has 5 aromatic rings. The number of rotatable bonds is 6. The molecule has 0 radical (unpaired) electrons. The lowest BCUT2D eigenvalue weighted by Gasteiger charge is -2.19. The first kappa shape index (κ1) is 19.7. The molecule has 1 amide bonds. The standard InChI is InChI=1S/C23H19N5OS2/c1-16-8-7-11-18-21(16)24-22(31-18)28(14-17-9-3-2-4-10-17)20(29)15-30-23-26-25-19-12-5-6-13-27(19)23/h2-13H,14-15H2,1H3. The minimum atomic E-state index is -0.0155. The number of hydrogen-bond acceptors (Lipinski definition) is 6. The van der Waals surface area contributed by atoms with Crippen LogP contribution in [0, 0.1) is 6.92 Å². The molecule has 31 heavy (non-hydrogen) atoms. The van der Waals surface area contributed by atoms with Crippen molar-refractivity contribution in [3.63, 3.8) is 0 Å². The molecule has 0 fully saturated rings. The van der Waals surface area contributed by atoms with E-state index < -0.39 is 0 Å². The van der Waals surface area contributed by atoms with E-state index in [1.165, 1.54) is 11.8 Å². The quantitative estimate of drug-likeness (QED) is 0.345. The zero-order chi connectivity index (χ0) is 21.2. The van der Waals surface area contributed by atoms with Gasteiger partial charge >= 0.3 is 0 Å². The first-order valence-corrected chi connectivity index (χ1v) is 11.6. The lowest BCUT2D eigenvalue weighted by Crippen LogP contribution is -2.31. The second-order valence-electron chi connectivity index (χ2n) is 7.08. The van der Waals surface area contributed by atoms with Crippen LogP contribution in [0.1, 0.15) is 11.1 Å². The smallest absolute Gasteiger partial charge is 0.239 e. The van der Waals surface area contributed by atoms with E-state index in [-0.39, 0.29) is 11.7 Å². The van der Waals surface area contributed by atoms with Gasteiger partial charge in [0.2, 0.25) is 5.91 Å². The normalized spacial score (nSPS) is 11.3. The number of carbonyl (C=O) groups is 1. The Kier molecular flexibility index (Phi) is 5.40. The average molecular weight is 446 g/mol. The predicted octanol–water partition coefficient (Wildman–Crippen LogP) is 4.97. The molecule has 0 spiro atoms. The number of aryl methyl sites for hydroxylation is 1. The zero-order valence-electron chi connectivity index (χ0n) is 16.8. The van der Waals surface area contributed by atoms with Crippen LogP contribution in [0.25, 0.3) is 15.9 Å². The largest absolute Gasteiger partial charge is 0.283 e. The second-order valence-corrected chi connectivity index (χ2v) is 9.04. The van der Waals surface area contributed by atoms with Crippen LogP contribution in [-0.2, 0) is 11.3 Å². The number of para-hydroxylation sites is 1. The summed E-state index contributed by atoms with van der Waals surface area (Å²) in [7, 11) is 0. The Balaban J connectivity index is 1.44. The number of anilines is 1. The number of pyridine rings is 1. The van der Waals surface area contributed by atoms with E-state index in [1.807, 2.05) is 84.3 Å². The second kappa shape index (κ2) is 8.49. The highest BCUT2D eigenvalue weighted by Crippen LogP contribution is 2.32. The molecular weight excluding hydrogens is 426 g/mol. The molecule has 6 nitrogen and oxygen atoms in total. The van der Waals surface area contributed by atoms with E-state index in [0.29, 0.717) is 16.8 Å². The van der Waals surface area contributed by atoms with Crippen molar-refractivity contribution in [2.75, 3.05) is 10.7 Å². The van der Waals surface area contributed by atoms with Gasteiger partial charge in [-0.25, -0.2) is 4.98 Å². The molecule has 0 bridgehead atoms. The van der Waals surface area contributed by atoms with Gasteiger partial charge in [0.15, 0.2) is 15.9 Å². The Morgan fingerprint density at radius 3 is 2.71 bits per heavy atom. The number of thioether (sulfide) groups is 1. The number of carbonyl (C=O) groups excluding carboxylic acids is 1. The first-order valence-electron chi connectivity index (χ1n) is 9.82. The molecule has 0 aliphatic heterocycles. The molecule has 3 aromatic heterocycles. The van der Waals surface area contributed by atoms with Crippen molar-refractivity contribution in [2.24, 2.45) is 0 Å². The molecule has 0 saturated heterocycles. The molecule has 0 unspecified atom stereocenters. The summed E-state index contributed by atoms with van der Waals surface area (Å²) in [6.45, 7) is 2.52. The van der Waals surface area contributed by atoms with E-state index in [9.17, 15) is 4.79 Å². The highest BCUT2D eigenvalue weighted by Gasteiger charge is 2.21. The maximum atomic E-state index is 13.4. The fourth-order valence-electron chi connectivity index (χ4n) is 3.34. The van der Waals surface area contributed by atoms with E-state index in [0.717, 1.165) is 27.0 Å². The third-order valence-corrected chi connectivity index (χ3v) is 6.90. The van der Waals surface area contributed by atoms with Crippen molar-refractivity contribution in [3.05, 3.63) is 84.1 Å². The fraction of sp³-hybridized carbons (Fsp3) is 0.130. The summed E-state index contributed by atoms with van der Waals surface area (Å²) in [5.41, 5.74) is 3.88. The van der Waals surface area contributed by atoms with Crippen LogP contribution in [0.3, 0.4) is 0 Å². The monoisotopic (exact) mass is 445 g/mol. The van der Waals surface area contributed by atoms with Gasteiger partial charge in [0, 0.05) is 6.20 Å². The van der Waals surface area contributed by atoms with E-state index >= 15 is 0 Å². The lowest BCUT2D eigenvalue weighted by atomic mass is 10.2. The molecule has 2 aromatic carbocycles. The number of aromatic nitrogens is 4. The van der Waals surface area contributed by atoms with Gasteiger partial charge in [-0.1, -0.05) is 71.6 Å². The minimum absolute atomic E-state index is 0.0155. The van der Waals surface area contributed by atoms with Gasteiger partial charge in [0.05, 0.1) is 22.5 Å². The Morgan fingerprint density at radius 1 is 1.03 bits per heavy atom. The number of fused-ring (bicyclic) bond motifs is 2. The number of nitrogens with zero attached hydrogens (tertiary/aromatic N) is 5. The molecule has 0 saturated carbocycles. The van der Waals surface area contributed by atoms with Gasteiger partial charge in [0.1, 0.15) is 0 Å². The first-order chi connectivity index (χ1) is 15.2. The van der Waals surface area contributed by atoms with E-state index in [1.54, 1.807) is 16.2 Å². The minimum Gasteiger partial charge on any atom is -0.283 e. The molecule has 0 aliphatic rings. The summed E-state index contributed by atoms with van der Waals surface area (Å²) in [5, 5.41) is 9.80. The highest BCUT2D eigenvalue weighted by atomic mass is 32.2. The van der Waals surface area contributed by atoms with E-state index in [4.69, 9.17) is 4.98 Å². The summed E-state index contributed by atoms with van der Waals surface area (Å²) >= 11 is 2.93. The Morgan fingerprint density at radius 2 is 1.87 bits per heavy atom. The van der Waals surface area contributed by atoms with Crippen molar-refractivity contribution in [2.45, 2.75) is 18.6 Å². The molecule has 0 atom stereocenters. The summed E-state index contributed by atoms with van der Waals surface area (Å²) in [6, 6.07) is 21.8. The van der Waals surface area contributed by atoms with E-state index in [2.05, 4.69) is 10.2 Å². The fourth-order valence-corrected chi connectivity index (χ4v) is 5.20. The van der Waals surface area contributed by atoms with Crippen LogP contribution in [0.5, 0.6) is 0 Å². The molecular formula is C23H19N5OS2. The summed E-state index contributed by atoms with van der Waals surface area (Å²) in [5.74, 6) is 0.232. The average Bonchev–Trinajstić information content (AvgIpc) is 3.42. The van der Waals surface area contributed by atoms with Crippen molar-refractivity contribution < 1.29 is 4.79 Å². The SMILES string of the molecule is Cc1cccc2sc(N(Cc3ccccc3)C(=O)CSc3nnc4ccccn34)nc12. The highest BCUT2D eigenvalue weighted by molar-refractivity contribution is 7.99. The maximum Gasteiger partial charge on any atom is 0.239 e. The van der Waals surface area contributed by atoms with Gasteiger partial charge in [-0.3, -0.25) is 14.1 Å². The molecule has 0 aliphatic carbocycles. The number of hydrogen-bond donors (Lipinski definition) is 0. The number of benzene rings is 2. The van der Waals surface area contributed by atoms with Crippen LogP contribution in [0.2, 0.25) is 0 Å². The van der Waals surface area contributed by atoms with Crippen molar-refractivity contribution in [3.8, 4) is 0 Å². The molecule has 8 heteroatoms. The Hall–Kier alpha value is -3.23. The van der Waals surface area contributed by atoms with Crippen LogP contribution in [0.15, 0.2) is 78.1 Å².